The molecule has 1 amide bonds. The standard InChI is InChI=1S/C15H12N2O4S/c1-11(18)17-13-6-8-14(9-7-13)22(19,20)21-15-5-3-2-4-12(15)10-16/h2-9H,1H3,(H,17,18). The van der Waals surface area contributed by atoms with Crippen LogP contribution in [0.25, 0.3) is 0 Å². The highest BCUT2D eigenvalue weighted by molar-refractivity contribution is 7.87. The molecule has 0 radical (unpaired) electrons. The lowest BCUT2D eigenvalue weighted by atomic mass is 10.2. The molecule has 0 atom stereocenters. The minimum Gasteiger partial charge on any atom is -0.378 e. The first kappa shape index (κ1) is 15.5. The maximum atomic E-state index is 12.2. The normalized spacial score (nSPS) is 10.5. The molecule has 0 bridgehead atoms. The van der Waals surface area contributed by atoms with Gasteiger partial charge in [-0.15, -0.1) is 0 Å². The van der Waals surface area contributed by atoms with Gasteiger partial charge in [0.1, 0.15) is 11.0 Å². The molecule has 22 heavy (non-hydrogen) atoms. The first-order valence-electron chi connectivity index (χ1n) is 6.23. The van der Waals surface area contributed by atoms with Crippen LogP contribution in [0.1, 0.15) is 12.5 Å². The highest BCUT2D eigenvalue weighted by atomic mass is 32.2. The highest BCUT2D eigenvalue weighted by Gasteiger charge is 2.18. The molecule has 0 saturated heterocycles. The number of nitrogens with zero attached hydrogens (tertiary/aromatic N) is 1. The number of amides is 1. The molecule has 2 rings (SSSR count). The zero-order valence-electron chi connectivity index (χ0n) is 11.6. The van der Waals surface area contributed by atoms with Crippen LogP contribution in [0, 0.1) is 11.3 Å². The molecule has 0 aliphatic carbocycles. The average Bonchev–Trinajstić information content (AvgIpc) is 2.47. The number of rotatable bonds is 4. The molecule has 0 aliphatic rings. The minimum absolute atomic E-state index is 0.0315. The Morgan fingerprint density at radius 1 is 1.14 bits per heavy atom. The Morgan fingerprint density at radius 2 is 1.77 bits per heavy atom. The Balaban J connectivity index is 2.27. The van der Waals surface area contributed by atoms with Crippen LogP contribution < -0.4 is 9.50 Å². The molecule has 0 aliphatic heterocycles. The number of hydrogen-bond acceptors (Lipinski definition) is 5. The smallest absolute Gasteiger partial charge is 0.339 e. The molecule has 2 aromatic carbocycles. The Morgan fingerprint density at radius 3 is 2.36 bits per heavy atom. The number of benzene rings is 2. The van der Waals surface area contributed by atoms with Crippen LogP contribution in [-0.2, 0) is 14.9 Å². The van der Waals surface area contributed by atoms with E-state index in [1.54, 1.807) is 12.1 Å². The molecule has 0 saturated carbocycles. The quantitative estimate of drug-likeness (QED) is 0.873. The van der Waals surface area contributed by atoms with Gasteiger partial charge in [-0.2, -0.15) is 13.7 Å². The number of hydrogen-bond donors (Lipinski definition) is 1. The zero-order valence-corrected chi connectivity index (χ0v) is 12.4. The number of carbonyl (C=O) groups excluding carboxylic acids is 1. The van der Waals surface area contributed by atoms with Crippen LogP contribution in [-0.4, -0.2) is 14.3 Å². The number of carbonyl (C=O) groups is 1. The van der Waals surface area contributed by atoms with E-state index in [4.69, 9.17) is 9.44 Å². The SMILES string of the molecule is CC(=O)Nc1ccc(S(=O)(=O)Oc2ccccc2C#N)cc1. The maximum Gasteiger partial charge on any atom is 0.339 e. The van der Waals surface area contributed by atoms with Gasteiger partial charge in [0.05, 0.1) is 5.56 Å². The molecule has 1 N–H and O–H groups in total. The summed E-state index contributed by atoms with van der Waals surface area (Å²) in [5, 5.41) is 11.5. The molecule has 6 nitrogen and oxygen atoms in total. The Kier molecular flexibility index (Phi) is 4.44. The van der Waals surface area contributed by atoms with Crippen molar-refractivity contribution in [2.24, 2.45) is 0 Å². The van der Waals surface area contributed by atoms with Crippen LogP contribution in [0.2, 0.25) is 0 Å². The van der Waals surface area contributed by atoms with Gasteiger partial charge in [-0.25, -0.2) is 0 Å². The van der Waals surface area contributed by atoms with Crippen molar-refractivity contribution >= 4 is 21.7 Å². The number of para-hydroxylation sites is 1. The van der Waals surface area contributed by atoms with Gasteiger partial charge in [0, 0.05) is 12.6 Å². The molecule has 0 unspecified atom stereocenters. The topological polar surface area (TPSA) is 96.3 Å². The summed E-state index contributed by atoms with van der Waals surface area (Å²) in [6.45, 7) is 1.35. The third-order valence-corrected chi connectivity index (χ3v) is 3.92. The van der Waals surface area contributed by atoms with Gasteiger partial charge in [0.25, 0.3) is 0 Å². The van der Waals surface area contributed by atoms with Gasteiger partial charge in [0.15, 0.2) is 5.75 Å². The Hall–Kier alpha value is -2.85. The predicted molar refractivity (Wildman–Crippen MR) is 79.7 cm³/mol. The summed E-state index contributed by atoms with van der Waals surface area (Å²) < 4.78 is 29.4. The van der Waals surface area contributed by atoms with Crippen molar-refractivity contribution in [2.45, 2.75) is 11.8 Å². The fourth-order valence-corrected chi connectivity index (χ4v) is 2.65. The summed E-state index contributed by atoms with van der Waals surface area (Å²) in [4.78, 5) is 10.8. The highest BCUT2D eigenvalue weighted by Crippen LogP contribution is 2.23. The molecule has 0 heterocycles. The van der Waals surface area contributed by atoms with E-state index in [1.807, 2.05) is 6.07 Å². The third-order valence-electron chi connectivity index (χ3n) is 2.67. The molecule has 7 heteroatoms. The van der Waals surface area contributed by atoms with Gasteiger partial charge >= 0.3 is 10.1 Å². The van der Waals surface area contributed by atoms with Crippen LogP contribution >= 0.6 is 0 Å². The van der Waals surface area contributed by atoms with E-state index in [2.05, 4.69) is 5.32 Å². The fourth-order valence-electron chi connectivity index (χ4n) is 1.71. The van der Waals surface area contributed by atoms with E-state index >= 15 is 0 Å². The summed E-state index contributed by atoms with van der Waals surface area (Å²) in [6.07, 6.45) is 0. The monoisotopic (exact) mass is 316 g/mol. The number of nitrogens with one attached hydrogen (secondary N) is 1. The lowest BCUT2D eigenvalue weighted by Gasteiger charge is -2.09. The van der Waals surface area contributed by atoms with Crippen molar-refractivity contribution in [3.8, 4) is 11.8 Å². The van der Waals surface area contributed by atoms with E-state index in [-0.39, 0.29) is 22.1 Å². The summed E-state index contributed by atoms with van der Waals surface area (Å²) in [6, 6.07) is 13.5. The summed E-state index contributed by atoms with van der Waals surface area (Å²) in [5.41, 5.74) is 0.602. The van der Waals surface area contributed by atoms with E-state index < -0.39 is 10.1 Å². The first-order chi connectivity index (χ1) is 10.4. The second-order valence-corrected chi connectivity index (χ2v) is 5.90. The molecule has 2 aromatic rings. The third kappa shape index (κ3) is 3.62. The maximum absolute atomic E-state index is 12.2. The van der Waals surface area contributed by atoms with Crippen LogP contribution in [0.3, 0.4) is 0 Å². The van der Waals surface area contributed by atoms with Crippen LogP contribution in [0.4, 0.5) is 5.69 Å². The van der Waals surface area contributed by atoms with Gasteiger partial charge in [0.2, 0.25) is 5.91 Å². The Bertz CT molecular complexity index is 837. The van der Waals surface area contributed by atoms with Crippen molar-refractivity contribution in [3.63, 3.8) is 0 Å². The van der Waals surface area contributed by atoms with E-state index in [1.165, 1.54) is 43.3 Å². The number of anilines is 1. The van der Waals surface area contributed by atoms with Gasteiger partial charge in [-0.05, 0) is 36.4 Å². The van der Waals surface area contributed by atoms with Crippen molar-refractivity contribution < 1.29 is 17.4 Å². The van der Waals surface area contributed by atoms with Crippen LogP contribution in [0.5, 0.6) is 5.75 Å². The molecular weight excluding hydrogens is 304 g/mol. The lowest BCUT2D eigenvalue weighted by Crippen LogP contribution is -2.11. The molecule has 0 fully saturated rings. The first-order valence-corrected chi connectivity index (χ1v) is 7.64. The average molecular weight is 316 g/mol. The summed E-state index contributed by atoms with van der Waals surface area (Å²) in [5.74, 6) is -0.286. The molecule has 0 spiro atoms. The van der Waals surface area contributed by atoms with Gasteiger partial charge in [-0.1, -0.05) is 12.1 Å². The Labute approximate surface area is 128 Å². The zero-order chi connectivity index (χ0) is 16.2. The predicted octanol–water partition coefficient (Wildman–Crippen LogP) is 2.28. The largest absolute Gasteiger partial charge is 0.378 e. The minimum atomic E-state index is -4.05. The second kappa shape index (κ2) is 6.28. The molecular formula is C15H12N2O4S. The second-order valence-electron chi connectivity index (χ2n) is 4.35. The summed E-state index contributed by atoms with van der Waals surface area (Å²) >= 11 is 0. The van der Waals surface area contributed by atoms with Crippen LogP contribution in [0.15, 0.2) is 53.4 Å². The van der Waals surface area contributed by atoms with E-state index in [0.29, 0.717) is 5.69 Å². The summed E-state index contributed by atoms with van der Waals surface area (Å²) in [7, 11) is -4.05. The molecule has 0 aromatic heterocycles. The van der Waals surface area contributed by atoms with Gasteiger partial charge < -0.3 is 9.50 Å². The van der Waals surface area contributed by atoms with Gasteiger partial charge in [-0.3, -0.25) is 4.79 Å². The fraction of sp³-hybridized carbons (Fsp3) is 0.0667. The van der Waals surface area contributed by atoms with Crippen molar-refractivity contribution in [3.05, 3.63) is 54.1 Å². The van der Waals surface area contributed by atoms with Crippen molar-refractivity contribution in [1.29, 1.82) is 5.26 Å². The van der Waals surface area contributed by atoms with E-state index in [0.717, 1.165) is 0 Å². The number of nitriles is 1. The molecule has 112 valence electrons. The lowest BCUT2D eigenvalue weighted by molar-refractivity contribution is -0.114. The van der Waals surface area contributed by atoms with Crippen molar-refractivity contribution in [2.75, 3.05) is 5.32 Å². The van der Waals surface area contributed by atoms with E-state index in [9.17, 15) is 13.2 Å². The van der Waals surface area contributed by atoms with Crippen molar-refractivity contribution in [1.82, 2.24) is 0 Å².